The number of carbonyl (C=O) groups excluding carboxylic acids is 1. The summed E-state index contributed by atoms with van der Waals surface area (Å²) in [6.45, 7) is 0.540. The monoisotopic (exact) mass is 273 g/mol. The average Bonchev–Trinajstić information content (AvgIpc) is 2.40. The molecule has 0 N–H and O–H groups in total. The molecule has 2 rings (SSSR count). The first-order valence-corrected chi connectivity index (χ1v) is 6.30. The van der Waals surface area contributed by atoms with Crippen LogP contribution in [0.15, 0.2) is 18.2 Å². The van der Waals surface area contributed by atoms with Crippen LogP contribution in [0.5, 0.6) is 5.75 Å². The van der Waals surface area contributed by atoms with Gasteiger partial charge in [-0.25, -0.2) is 0 Å². The van der Waals surface area contributed by atoms with E-state index in [0.29, 0.717) is 35.2 Å². The number of carbonyl (C=O) groups is 1. The second kappa shape index (κ2) is 5.15. The van der Waals surface area contributed by atoms with Gasteiger partial charge in [0.15, 0.2) is 0 Å². The van der Waals surface area contributed by atoms with Crippen molar-refractivity contribution in [2.75, 3.05) is 19.5 Å². The first-order chi connectivity index (χ1) is 8.11. The zero-order valence-corrected chi connectivity index (χ0v) is 11.0. The van der Waals surface area contributed by atoms with Crippen LogP contribution in [0.4, 0.5) is 0 Å². The maximum absolute atomic E-state index is 12.1. The van der Waals surface area contributed by atoms with Crippen molar-refractivity contribution in [1.29, 1.82) is 0 Å². The highest BCUT2D eigenvalue weighted by Gasteiger charge is 2.26. The topological polar surface area (TPSA) is 29.5 Å². The van der Waals surface area contributed by atoms with E-state index >= 15 is 0 Å². The Morgan fingerprint density at radius 3 is 3.00 bits per heavy atom. The van der Waals surface area contributed by atoms with E-state index in [1.165, 1.54) is 0 Å². The molecule has 92 valence electrons. The molecule has 1 aliphatic heterocycles. The minimum atomic E-state index is -0.0698. The van der Waals surface area contributed by atoms with Gasteiger partial charge < -0.3 is 9.64 Å². The highest BCUT2D eigenvalue weighted by molar-refractivity contribution is 6.31. The maximum Gasteiger partial charge on any atom is 0.257 e. The van der Waals surface area contributed by atoms with Crippen molar-refractivity contribution in [1.82, 2.24) is 4.90 Å². The van der Waals surface area contributed by atoms with Gasteiger partial charge in [0.1, 0.15) is 11.9 Å². The van der Waals surface area contributed by atoms with E-state index in [0.717, 1.165) is 0 Å². The van der Waals surface area contributed by atoms with Gasteiger partial charge in [-0.3, -0.25) is 4.79 Å². The lowest BCUT2D eigenvalue weighted by molar-refractivity contribution is 0.0759. The van der Waals surface area contributed by atoms with Gasteiger partial charge in [0.05, 0.1) is 12.1 Å². The number of alkyl halides is 1. The van der Waals surface area contributed by atoms with Crippen LogP contribution in [0.25, 0.3) is 0 Å². The van der Waals surface area contributed by atoms with E-state index in [1.807, 2.05) is 0 Å². The molecular weight excluding hydrogens is 261 g/mol. The number of amides is 1. The van der Waals surface area contributed by atoms with Gasteiger partial charge >= 0.3 is 0 Å². The summed E-state index contributed by atoms with van der Waals surface area (Å²) in [7, 11) is 1.75. The lowest BCUT2D eigenvalue weighted by Crippen LogP contribution is -2.34. The number of hydrogen-bond donors (Lipinski definition) is 0. The minimum Gasteiger partial charge on any atom is -0.488 e. The molecule has 1 aromatic carbocycles. The van der Waals surface area contributed by atoms with Crippen LogP contribution in [0.1, 0.15) is 16.8 Å². The molecule has 1 atom stereocenters. The maximum atomic E-state index is 12.1. The highest BCUT2D eigenvalue weighted by atomic mass is 35.5. The van der Waals surface area contributed by atoms with E-state index in [2.05, 4.69) is 0 Å². The van der Waals surface area contributed by atoms with Gasteiger partial charge in [-0.15, -0.1) is 11.6 Å². The Hall–Kier alpha value is -0.930. The molecule has 1 unspecified atom stereocenters. The van der Waals surface area contributed by atoms with Gasteiger partial charge in [-0.1, -0.05) is 11.6 Å². The Bertz CT molecular complexity index is 437. The molecule has 0 fully saturated rings. The van der Waals surface area contributed by atoms with Crippen LogP contribution in [0.2, 0.25) is 5.02 Å². The molecule has 0 aromatic heterocycles. The Morgan fingerprint density at radius 2 is 2.29 bits per heavy atom. The van der Waals surface area contributed by atoms with Crippen LogP contribution < -0.4 is 4.74 Å². The number of halogens is 2. The third-order valence-corrected chi connectivity index (χ3v) is 3.17. The lowest BCUT2D eigenvalue weighted by Gasteiger charge is -2.19. The highest BCUT2D eigenvalue weighted by Crippen LogP contribution is 2.28. The zero-order chi connectivity index (χ0) is 12.4. The molecule has 17 heavy (non-hydrogen) atoms. The summed E-state index contributed by atoms with van der Waals surface area (Å²) >= 11 is 11.6. The quantitative estimate of drug-likeness (QED) is 0.776. The Kier molecular flexibility index (Phi) is 3.79. The molecule has 1 heterocycles. The molecular formula is C12H13Cl2NO2. The first kappa shape index (κ1) is 12.5. The summed E-state index contributed by atoms with van der Waals surface area (Å²) in [6, 6.07) is 5.09. The molecule has 0 radical (unpaired) electrons. The summed E-state index contributed by atoms with van der Waals surface area (Å²) in [5, 5.41) is 0.532. The first-order valence-electron chi connectivity index (χ1n) is 5.39. The van der Waals surface area contributed by atoms with Crippen molar-refractivity contribution in [2.24, 2.45) is 0 Å². The number of benzene rings is 1. The van der Waals surface area contributed by atoms with Crippen molar-refractivity contribution in [3.8, 4) is 5.75 Å². The van der Waals surface area contributed by atoms with Crippen molar-refractivity contribution in [2.45, 2.75) is 12.5 Å². The summed E-state index contributed by atoms with van der Waals surface area (Å²) < 4.78 is 5.79. The molecule has 5 heteroatoms. The number of likely N-dealkylation sites (N-methyl/N-ethyl adjacent to an activating group) is 1. The molecule has 1 aliphatic rings. The van der Waals surface area contributed by atoms with Crippen LogP contribution in [0, 0.1) is 0 Å². The molecule has 0 aliphatic carbocycles. The van der Waals surface area contributed by atoms with Gasteiger partial charge in [0.2, 0.25) is 0 Å². The van der Waals surface area contributed by atoms with E-state index in [4.69, 9.17) is 27.9 Å². The third kappa shape index (κ3) is 2.67. The van der Waals surface area contributed by atoms with Crippen LogP contribution in [-0.4, -0.2) is 36.4 Å². The zero-order valence-electron chi connectivity index (χ0n) is 9.45. The summed E-state index contributed by atoms with van der Waals surface area (Å²) in [4.78, 5) is 13.7. The number of nitrogens with zero attached hydrogens (tertiary/aromatic N) is 1. The summed E-state index contributed by atoms with van der Waals surface area (Å²) in [5.74, 6) is 1.02. The van der Waals surface area contributed by atoms with Crippen LogP contribution >= 0.6 is 23.2 Å². The van der Waals surface area contributed by atoms with Crippen LogP contribution in [0.3, 0.4) is 0 Å². The lowest BCUT2D eigenvalue weighted by atomic mass is 10.2. The molecule has 0 bridgehead atoms. The fraction of sp³-hybridized carbons (Fsp3) is 0.417. The van der Waals surface area contributed by atoms with Crippen LogP contribution in [-0.2, 0) is 0 Å². The Morgan fingerprint density at radius 1 is 1.53 bits per heavy atom. The smallest absolute Gasteiger partial charge is 0.257 e. The second-order valence-corrected chi connectivity index (χ2v) is 4.86. The predicted molar refractivity (Wildman–Crippen MR) is 68.2 cm³/mol. The SMILES string of the molecule is CN1CC(CCCl)Oc2ccc(Cl)cc2C1=O. The number of ether oxygens (including phenoxy) is 1. The van der Waals surface area contributed by atoms with E-state index in [9.17, 15) is 4.79 Å². The van der Waals surface area contributed by atoms with E-state index < -0.39 is 0 Å². The number of fused-ring (bicyclic) bond motifs is 1. The Balaban J connectivity index is 2.37. The molecule has 1 aromatic rings. The van der Waals surface area contributed by atoms with Gasteiger partial charge in [0, 0.05) is 18.0 Å². The second-order valence-electron chi connectivity index (χ2n) is 4.04. The van der Waals surface area contributed by atoms with Crippen molar-refractivity contribution < 1.29 is 9.53 Å². The molecule has 0 saturated carbocycles. The van der Waals surface area contributed by atoms with Gasteiger partial charge in [-0.2, -0.15) is 0 Å². The molecule has 0 spiro atoms. The normalized spacial score (nSPS) is 19.6. The molecule has 3 nitrogen and oxygen atoms in total. The fourth-order valence-electron chi connectivity index (χ4n) is 1.85. The van der Waals surface area contributed by atoms with E-state index in [-0.39, 0.29) is 12.0 Å². The van der Waals surface area contributed by atoms with Crippen molar-refractivity contribution >= 4 is 29.1 Å². The molecule has 0 saturated heterocycles. The fourth-order valence-corrected chi connectivity index (χ4v) is 2.27. The minimum absolute atomic E-state index is 0.0659. The summed E-state index contributed by atoms with van der Waals surface area (Å²) in [5.41, 5.74) is 0.511. The predicted octanol–water partition coefficient (Wildman–Crippen LogP) is 2.80. The van der Waals surface area contributed by atoms with Gasteiger partial charge in [0.25, 0.3) is 5.91 Å². The van der Waals surface area contributed by atoms with E-state index in [1.54, 1.807) is 30.1 Å². The average molecular weight is 274 g/mol. The number of hydrogen-bond acceptors (Lipinski definition) is 2. The Labute approximate surface area is 110 Å². The third-order valence-electron chi connectivity index (χ3n) is 2.72. The number of rotatable bonds is 2. The molecule has 1 amide bonds. The van der Waals surface area contributed by atoms with Gasteiger partial charge in [-0.05, 0) is 24.6 Å². The van der Waals surface area contributed by atoms with Crippen molar-refractivity contribution in [3.05, 3.63) is 28.8 Å². The summed E-state index contributed by atoms with van der Waals surface area (Å²) in [6.07, 6.45) is 0.644. The van der Waals surface area contributed by atoms with Crippen molar-refractivity contribution in [3.63, 3.8) is 0 Å². The largest absolute Gasteiger partial charge is 0.488 e. The standard InChI is InChI=1S/C12H13Cl2NO2/c1-15-7-9(4-5-13)17-11-3-2-8(14)6-10(11)12(15)16/h2-3,6,9H,4-5,7H2,1H3.